The number of nitrogens with zero attached hydrogens (tertiary/aromatic N) is 3. The quantitative estimate of drug-likeness (QED) is 0.677. The second kappa shape index (κ2) is 6.94. The summed E-state index contributed by atoms with van der Waals surface area (Å²) in [5.74, 6) is -1.81. The van der Waals surface area contributed by atoms with Crippen LogP contribution in [0.3, 0.4) is 0 Å². The van der Waals surface area contributed by atoms with Gasteiger partial charge in [-0.2, -0.15) is 18.2 Å². The van der Waals surface area contributed by atoms with Crippen LogP contribution in [0.15, 0.2) is 27.6 Å². The molecule has 0 bridgehead atoms. The third-order valence-electron chi connectivity index (χ3n) is 5.52. The Balaban J connectivity index is 1.62. The second-order valence-electron chi connectivity index (χ2n) is 8.26. The Bertz CT molecular complexity index is 1140. The van der Waals surface area contributed by atoms with E-state index in [1.165, 1.54) is 23.1 Å². The van der Waals surface area contributed by atoms with Gasteiger partial charge in [-0.15, -0.1) is 0 Å². The van der Waals surface area contributed by atoms with E-state index < -0.39 is 33.2 Å². The fourth-order valence-corrected chi connectivity index (χ4v) is 4.61. The predicted molar refractivity (Wildman–Crippen MR) is 100 cm³/mol. The van der Waals surface area contributed by atoms with E-state index in [2.05, 4.69) is 14.7 Å². The van der Waals surface area contributed by atoms with E-state index in [-0.39, 0.29) is 40.6 Å². The number of fused-ring (bicyclic) bond motifs is 1. The summed E-state index contributed by atoms with van der Waals surface area (Å²) in [7, 11) is -3.56. The number of rotatable bonds is 5. The minimum atomic E-state index is -4.74. The van der Waals surface area contributed by atoms with Crippen molar-refractivity contribution in [3.63, 3.8) is 0 Å². The molecule has 2 aromatic rings. The maximum atomic E-state index is 13.2. The van der Waals surface area contributed by atoms with Crippen molar-refractivity contribution in [1.82, 2.24) is 15.0 Å². The molecule has 1 amide bonds. The Kier molecular flexibility index (Phi) is 4.83. The number of alkyl halides is 3. The highest BCUT2D eigenvalue weighted by molar-refractivity contribution is 7.90. The molecule has 2 atom stereocenters. The van der Waals surface area contributed by atoms with Crippen LogP contribution in [0.25, 0.3) is 0 Å². The highest BCUT2D eigenvalue weighted by Crippen LogP contribution is 2.58. The number of amides is 1. The summed E-state index contributed by atoms with van der Waals surface area (Å²) in [5, 5.41) is 3.50. The molecule has 0 spiro atoms. The van der Waals surface area contributed by atoms with Crippen molar-refractivity contribution in [3.8, 4) is 5.75 Å². The summed E-state index contributed by atoms with van der Waals surface area (Å²) in [5.41, 5.74) is -0.701. The summed E-state index contributed by atoms with van der Waals surface area (Å²) in [6.07, 6.45) is -3.41. The molecule has 1 saturated carbocycles. The monoisotopic (exact) mass is 459 g/mol. The van der Waals surface area contributed by atoms with Crippen LogP contribution in [0.5, 0.6) is 5.75 Å². The lowest BCUT2D eigenvalue weighted by atomic mass is 10.1. The number of carbonyl (C=O) groups excluding carboxylic acids is 1. The molecule has 2 aliphatic rings. The van der Waals surface area contributed by atoms with Crippen molar-refractivity contribution in [2.24, 2.45) is 5.92 Å². The normalized spacial score (nSPS) is 23.2. The Labute approximate surface area is 176 Å². The topological polar surface area (TPSA) is 103 Å². The first-order chi connectivity index (χ1) is 14.3. The minimum absolute atomic E-state index is 0.0287. The molecule has 1 aliphatic heterocycles. The third kappa shape index (κ3) is 3.88. The van der Waals surface area contributed by atoms with E-state index in [1.807, 2.05) is 0 Å². The molecule has 1 aromatic heterocycles. The van der Waals surface area contributed by atoms with Gasteiger partial charge >= 0.3 is 12.1 Å². The lowest BCUT2D eigenvalue weighted by molar-refractivity contribution is -0.159. The molecule has 8 nitrogen and oxygen atoms in total. The first-order valence-corrected chi connectivity index (χ1v) is 11.4. The van der Waals surface area contributed by atoms with E-state index >= 15 is 0 Å². The number of piperidine rings is 1. The van der Waals surface area contributed by atoms with Crippen molar-refractivity contribution in [2.45, 2.75) is 42.9 Å². The largest absolute Gasteiger partial charge is 0.490 e. The molecular weight excluding hydrogens is 439 g/mol. The molecule has 2 fully saturated rings. The van der Waals surface area contributed by atoms with Crippen LogP contribution < -0.4 is 4.74 Å². The molecule has 0 radical (unpaired) electrons. The minimum Gasteiger partial charge on any atom is -0.490 e. The van der Waals surface area contributed by atoms with Crippen molar-refractivity contribution < 1.29 is 35.6 Å². The molecule has 2 unspecified atom stereocenters. The standard InChI is InChI=1S/C19H20F3N3O5S/c1-10(2)29-14-5-4-12(31(3,27)28)6-13(14)15(26)25-8-11-7-18(11,9-25)16-23-17(30-24-16)19(20,21)22/h4-6,10-11H,7-9H2,1-3H3. The first-order valence-electron chi connectivity index (χ1n) is 9.53. The van der Waals surface area contributed by atoms with Crippen LogP contribution in [-0.4, -0.2) is 54.8 Å². The van der Waals surface area contributed by atoms with Gasteiger partial charge in [0.25, 0.3) is 5.91 Å². The lowest BCUT2D eigenvalue weighted by Crippen LogP contribution is -2.33. The zero-order chi connectivity index (χ0) is 22.8. The fourth-order valence-electron chi connectivity index (χ4n) is 3.96. The maximum Gasteiger partial charge on any atom is 0.471 e. The number of hydrogen-bond donors (Lipinski definition) is 0. The van der Waals surface area contributed by atoms with Crippen molar-refractivity contribution in [1.29, 1.82) is 0 Å². The molecule has 12 heteroatoms. The molecule has 0 N–H and O–H groups in total. The maximum absolute atomic E-state index is 13.2. The van der Waals surface area contributed by atoms with Crippen molar-refractivity contribution in [2.75, 3.05) is 19.3 Å². The molecule has 2 heterocycles. The van der Waals surface area contributed by atoms with Crippen LogP contribution >= 0.6 is 0 Å². The average molecular weight is 459 g/mol. The molecule has 168 valence electrons. The fraction of sp³-hybridized carbons (Fsp3) is 0.526. The predicted octanol–water partition coefficient (Wildman–Crippen LogP) is 2.69. The van der Waals surface area contributed by atoms with Crippen LogP contribution in [0.4, 0.5) is 13.2 Å². The van der Waals surface area contributed by atoms with E-state index in [1.54, 1.807) is 13.8 Å². The second-order valence-corrected chi connectivity index (χ2v) is 10.3. The number of hydrogen-bond acceptors (Lipinski definition) is 7. The van der Waals surface area contributed by atoms with Crippen LogP contribution in [-0.2, 0) is 21.4 Å². The van der Waals surface area contributed by atoms with Crippen molar-refractivity contribution >= 4 is 15.7 Å². The van der Waals surface area contributed by atoms with Crippen molar-refractivity contribution in [3.05, 3.63) is 35.5 Å². The van der Waals surface area contributed by atoms with E-state index in [0.717, 1.165) is 6.26 Å². The van der Waals surface area contributed by atoms with E-state index in [9.17, 15) is 26.4 Å². The van der Waals surface area contributed by atoms with Gasteiger partial charge in [0, 0.05) is 19.3 Å². The Morgan fingerprint density at radius 3 is 2.65 bits per heavy atom. The van der Waals surface area contributed by atoms with Gasteiger partial charge in [-0.3, -0.25) is 4.79 Å². The Morgan fingerprint density at radius 1 is 1.35 bits per heavy atom. The van der Waals surface area contributed by atoms with E-state index in [0.29, 0.717) is 13.0 Å². The van der Waals surface area contributed by atoms with Gasteiger partial charge in [0.2, 0.25) is 0 Å². The highest BCUT2D eigenvalue weighted by atomic mass is 32.2. The number of carbonyl (C=O) groups is 1. The third-order valence-corrected chi connectivity index (χ3v) is 6.63. The zero-order valence-electron chi connectivity index (χ0n) is 16.9. The van der Waals surface area contributed by atoms with Gasteiger partial charge in [-0.1, -0.05) is 5.16 Å². The van der Waals surface area contributed by atoms with Crippen LogP contribution in [0.2, 0.25) is 0 Å². The van der Waals surface area contributed by atoms with Crippen LogP contribution in [0, 0.1) is 5.92 Å². The average Bonchev–Trinajstić information content (AvgIpc) is 3.03. The van der Waals surface area contributed by atoms with Gasteiger partial charge in [0.15, 0.2) is 15.7 Å². The van der Waals surface area contributed by atoms with Gasteiger partial charge in [-0.25, -0.2) is 8.42 Å². The number of ether oxygens (including phenoxy) is 1. The number of sulfone groups is 1. The highest BCUT2D eigenvalue weighted by Gasteiger charge is 2.65. The molecular formula is C19H20F3N3O5S. The Hall–Kier alpha value is -2.63. The number of aromatic nitrogens is 2. The molecule has 1 aliphatic carbocycles. The number of likely N-dealkylation sites (tertiary alicyclic amines) is 1. The molecule has 31 heavy (non-hydrogen) atoms. The summed E-state index contributed by atoms with van der Waals surface area (Å²) in [6.45, 7) is 3.94. The number of halogens is 3. The molecule has 1 aromatic carbocycles. The van der Waals surface area contributed by atoms with Crippen LogP contribution in [0.1, 0.15) is 42.3 Å². The lowest BCUT2D eigenvalue weighted by Gasteiger charge is -2.22. The molecule has 4 rings (SSSR count). The summed E-state index contributed by atoms with van der Waals surface area (Å²) in [4.78, 5) is 18.2. The SMILES string of the molecule is CC(C)Oc1ccc(S(C)(=O)=O)cc1C(=O)N1CC2CC2(c2noc(C(F)(F)F)n2)C1. The van der Waals surface area contributed by atoms with Gasteiger partial charge in [-0.05, 0) is 44.4 Å². The van der Waals surface area contributed by atoms with Gasteiger partial charge in [0.1, 0.15) is 5.75 Å². The van der Waals surface area contributed by atoms with Gasteiger partial charge in [0.05, 0.1) is 22.0 Å². The molecule has 1 saturated heterocycles. The summed E-state index contributed by atoms with van der Waals surface area (Å²) >= 11 is 0. The first kappa shape index (κ1) is 21.6. The van der Waals surface area contributed by atoms with E-state index in [4.69, 9.17) is 4.74 Å². The Morgan fingerprint density at radius 2 is 2.06 bits per heavy atom. The zero-order valence-corrected chi connectivity index (χ0v) is 17.7. The summed E-state index contributed by atoms with van der Waals surface area (Å²) in [6, 6.07) is 4.07. The smallest absolute Gasteiger partial charge is 0.471 e. The summed E-state index contributed by atoms with van der Waals surface area (Å²) < 4.78 is 72.4. The van der Waals surface area contributed by atoms with Gasteiger partial charge < -0.3 is 14.2 Å². The number of benzene rings is 1.